The molecule has 0 spiro atoms. The van der Waals surface area contributed by atoms with Crippen molar-refractivity contribution in [2.75, 3.05) is 13.6 Å². The van der Waals surface area contributed by atoms with Crippen molar-refractivity contribution in [1.29, 1.82) is 0 Å². The van der Waals surface area contributed by atoms with E-state index in [2.05, 4.69) is 12.2 Å². The Morgan fingerprint density at radius 2 is 2.06 bits per heavy atom. The summed E-state index contributed by atoms with van der Waals surface area (Å²) in [6.45, 7) is 4.68. The zero-order chi connectivity index (χ0) is 12.0. The molecule has 1 aromatic carbocycles. The molecule has 0 aliphatic carbocycles. The van der Waals surface area contributed by atoms with Gasteiger partial charge in [-0.3, -0.25) is 0 Å². The lowest BCUT2D eigenvalue weighted by Crippen LogP contribution is -2.24. The van der Waals surface area contributed by atoms with Gasteiger partial charge in [0.05, 0.1) is 12.2 Å². The van der Waals surface area contributed by atoms with Crippen molar-refractivity contribution >= 4 is 0 Å². The van der Waals surface area contributed by atoms with E-state index in [0.717, 1.165) is 6.42 Å². The molecule has 0 aliphatic rings. The zero-order valence-electron chi connectivity index (χ0n) is 10.2. The average molecular weight is 225 g/mol. The van der Waals surface area contributed by atoms with Crippen molar-refractivity contribution in [3.05, 3.63) is 35.6 Å². The first-order valence-corrected chi connectivity index (χ1v) is 5.73. The largest absolute Gasteiger partial charge is 0.369 e. The second-order valence-electron chi connectivity index (χ2n) is 3.92. The predicted molar refractivity (Wildman–Crippen MR) is 63.9 cm³/mol. The smallest absolute Gasteiger partial charge is 0.129 e. The van der Waals surface area contributed by atoms with Gasteiger partial charge < -0.3 is 10.1 Å². The summed E-state index contributed by atoms with van der Waals surface area (Å²) < 4.78 is 19.4. The Kier molecular flexibility index (Phi) is 5.43. The van der Waals surface area contributed by atoms with Crippen molar-refractivity contribution < 1.29 is 9.13 Å². The molecule has 0 fully saturated rings. The van der Waals surface area contributed by atoms with Crippen LogP contribution in [-0.2, 0) is 4.74 Å². The number of likely N-dealkylation sites (N-methyl/N-ethyl adjacent to an activating group) is 1. The zero-order valence-corrected chi connectivity index (χ0v) is 10.2. The van der Waals surface area contributed by atoms with E-state index >= 15 is 0 Å². The van der Waals surface area contributed by atoms with Crippen LogP contribution in [0.1, 0.15) is 31.9 Å². The third kappa shape index (κ3) is 3.58. The first-order chi connectivity index (χ1) is 7.69. The third-order valence-electron chi connectivity index (χ3n) is 2.61. The molecule has 1 N–H and O–H groups in total. The molecule has 2 unspecified atom stereocenters. The summed E-state index contributed by atoms with van der Waals surface area (Å²) in [6, 6.07) is 6.78. The monoisotopic (exact) mass is 225 g/mol. The lowest BCUT2D eigenvalue weighted by atomic mass is 10.1. The van der Waals surface area contributed by atoms with Crippen LogP contribution in [0.5, 0.6) is 0 Å². The Labute approximate surface area is 96.8 Å². The van der Waals surface area contributed by atoms with Gasteiger partial charge in [0.2, 0.25) is 0 Å². The molecule has 0 saturated carbocycles. The molecule has 1 rings (SSSR count). The SMILES string of the molecule is CCC(C)OC(CNC)c1ccccc1F. The van der Waals surface area contributed by atoms with E-state index in [0.29, 0.717) is 12.1 Å². The van der Waals surface area contributed by atoms with Crippen LogP contribution >= 0.6 is 0 Å². The maximum absolute atomic E-state index is 13.6. The number of ether oxygens (including phenoxy) is 1. The maximum atomic E-state index is 13.6. The Hall–Kier alpha value is -0.930. The molecule has 0 aliphatic heterocycles. The standard InChI is InChI=1S/C13H20FNO/c1-4-10(2)16-13(9-15-3)11-7-5-6-8-12(11)14/h5-8,10,13,15H,4,9H2,1-3H3. The molecule has 2 nitrogen and oxygen atoms in total. The number of nitrogens with one attached hydrogen (secondary N) is 1. The summed E-state index contributed by atoms with van der Waals surface area (Å²) in [5, 5.41) is 3.03. The molecule has 3 heteroatoms. The topological polar surface area (TPSA) is 21.3 Å². The van der Waals surface area contributed by atoms with E-state index in [9.17, 15) is 4.39 Å². The van der Waals surface area contributed by atoms with Crippen LogP contribution in [0.4, 0.5) is 4.39 Å². The number of rotatable bonds is 6. The fourth-order valence-corrected chi connectivity index (χ4v) is 1.53. The van der Waals surface area contributed by atoms with E-state index in [1.807, 2.05) is 20.0 Å². The van der Waals surface area contributed by atoms with Crippen LogP contribution in [0.25, 0.3) is 0 Å². The van der Waals surface area contributed by atoms with E-state index < -0.39 is 0 Å². The highest BCUT2D eigenvalue weighted by Crippen LogP contribution is 2.22. The number of benzene rings is 1. The van der Waals surface area contributed by atoms with E-state index in [4.69, 9.17) is 4.74 Å². The molecule has 0 amide bonds. The molecule has 0 radical (unpaired) electrons. The minimum atomic E-state index is -0.221. The Balaban J connectivity index is 2.80. The predicted octanol–water partition coefficient (Wildman–Crippen LogP) is 2.90. The number of halogens is 1. The van der Waals surface area contributed by atoms with Gasteiger partial charge in [-0.15, -0.1) is 0 Å². The fraction of sp³-hybridized carbons (Fsp3) is 0.538. The summed E-state index contributed by atoms with van der Waals surface area (Å²) in [7, 11) is 1.84. The van der Waals surface area contributed by atoms with Crippen molar-refractivity contribution in [2.45, 2.75) is 32.5 Å². The van der Waals surface area contributed by atoms with Crippen molar-refractivity contribution in [3.63, 3.8) is 0 Å². The Bertz CT molecular complexity index is 317. The molecular formula is C13H20FNO. The van der Waals surface area contributed by atoms with Crippen molar-refractivity contribution in [2.24, 2.45) is 0 Å². The van der Waals surface area contributed by atoms with E-state index in [1.54, 1.807) is 12.1 Å². The highest BCUT2D eigenvalue weighted by Gasteiger charge is 2.17. The van der Waals surface area contributed by atoms with Crippen LogP contribution in [0.2, 0.25) is 0 Å². The lowest BCUT2D eigenvalue weighted by molar-refractivity contribution is -0.00532. The Morgan fingerprint density at radius 1 is 1.38 bits per heavy atom. The summed E-state index contributed by atoms with van der Waals surface area (Å²) in [6.07, 6.45) is 0.841. The first kappa shape index (κ1) is 13.1. The average Bonchev–Trinajstić information content (AvgIpc) is 2.29. The third-order valence-corrected chi connectivity index (χ3v) is 2.61. The van der Waals surface area contributed by atoms with Crippen LogP contribution in [-0.4, -0.2) is 19.7 Å². The lowest BCUT2D eigenvalue weighted by Gasteiger charge is -2.22. The van der Waals surface area contributed by atoms with Gasteiger partial charge in [-0.2, -0.15) is 0 Å². The second-order valence-corrected chi connectivity index (χ2v) is 3.92. The van der Waals surface area contributed by atoms with Crippen molar-refractivity contribution in [3.8, 4) is 0 Å². The fourth-order valence-electron chi connectivity index (χ4n) is 1.53. The van der Waals surface area contributed by atoms with Gasteiger partial charge in [-0.25, -0.2) is 4.39 Å². The molecule has 0 bridgehead atoms. The molecule has 2 atom stereocenters. The minimum absolute atomic E-state index is 0.137. The van der Waals surface area contributed by atoms with Gasteiger partial charge in [0.1, 0.15) is 5.82 Å². The molecule has 90 valence electrons. The van der Waals surface area contributed by atoms with E-state index in [-0.39, 0.29) is 18.0 Å². The summed E-state index contributed by atoms with van der Waals surface area (Å²) in [5.41, 5.74) is 0.622. The van der Waals surface area contributed by atoms with Gasteiger partial charge in [-0.1, -0.05) is 25.1 Å². The van der Waals surface area contributed by atoms with Crippen molar-refractivity contribution in [1.82, 2.24) is 5.32 Å². The second kappa shape index (κ2) is 6.61. The highest BCUT2D eigenvalue weighted by atomic mass is 19.1. The number of hydrogen-bond acceptors (Lipinski definition) is 2. The van der Waals surface area contributed by atoms with Gasteiger partial charge in [-0.05, 0) is 26.5 Å². The molecule has 0 saturated heterocycles. The van der Waals surface area contributed by atoms with Gasteiger partial charge in [0.15, 0.2) is 0 Å². The van der Waals surface area contributed by atoms with Crippen LogP contribution < -0.4 is 5.32 Å². The van der Waals surface area contributed by atoms with Gasteiger partial charge >= 0.3 is 0 Å². The van der Waals surface area contributed by atoms with Gasteiger partial charge in [0.25, 0.3) is 0 Å². The molecule has 0 heterocycles. The van der Waals surface area contributed by atoms with Crippen LogP contribution in [0, 0.1) is 5.82 Å². The molecule has 16 heavy (non-hydrogen) atoms. The Morgan fingerprint density at radius 3 is 2.62 bits per heavy atom. The molecule has 0 aromatic heterocycles. The maximum Gasteiger partial charge on any atom is 0.129 e. The molecule has 1 aromatic rings. The van der Waals surface area contributed by atoms with E-state index in [1.165, 1.54) is 6.07 Å². The van der Waals surface area contributed by atoms with Gasteiger partial charge in [0, 0.05) is 12.1 Å². The minimum Gasteiger partial charge on any atom is -0.369 e. The summed E-state index contributed by atoms with van der Waals surface area (Å²) >= 11 is 0. The summed E-state index contributed by atoms with van der Waals surface area (Å²) in [4.78, 5) is 0. The number of hydrogen-bond donors (Lipinski definition) is 1. The summed E-state index contributed by atoms with van der Waals surface area (Å²) in [5.74, 6) is -0.203. The first-order valence-electron chi connectivity index (χ1n) is 5.73. The normalized spacial score (nSPS) is 14.8. The quantitative estimate of drug-likeness (QED) is 0.803. The molecular weight excluding hydrogens is 205 g/mol. The van der Waals surface area contributed by atoms with Crippen LogP contribution in [0.3, 0.4) is 0 Å². The highest BCUT2D eigenvalue weighted by molar-refractivity contribution is 5.20. The van der Waals surface area contributed by atoms with Crippen LogP contribution in [0.15, 0.2) is 24.3 Å².